The predicted octanol–water partition coefficient (Wildman–Crippen LogP) is 10.0. The van der Waals surface area contributed by atoms with Gasteiger partial charge in [0, 0.05) is 22.4 Å². The first kappa shape index (κ1) is 40.4. The highest BCUT2D eigenvalue weighted by Crippen LogP contribution is 2.30. The molecule has 0 N–H and O–H groups in total. The van der Waals surface area contributed by atoms with Crippen molar-refractivity contribution >= 4 is 54.2 Å². The fraction of sp³-hybridized carbons (Fsp3) is 0.0612. The Morgan fingerprint density at radius 2 is 0.724 bits per heavy atom. The number of ether oxygens (including phenoxy) is 4. The number of allylic oxidation sites excluding steroid dienone is 3. The number of esters is 1. The second-order valence-corrected chi connectivity index (χ2v) is 13.1. The van der Waals surface area contributed by atoms with E-state index in [1.807, 2.05) is 18.2 Å². The van der Waals surface area contributed by atoms with E-state index in [9.17, 15) is 19.2 Å². The Labute approximate surface area is 342 Å². The minimum Gasteiger partial charge on any atom is -0.456 e. The van der Waals surface area contributed by atoms with Crippen molar-refractivity contribution in [2.24, 2.45) is 0 Å². The number of hydrogen-bond acceptors (Lipinski definition) is 9. The maximum Gasteiger partial charge on any atom is 0.523 e. The van der Waals surface area contributed by atoms with Crippen molar-refractivity contribution in [2.75, 3.05) is 12.4 Å². The molecule has 0 atom stereocenters. The van der Waals surface area contributed by atoms with E-state index in [1.54, 1.807) is 164 Å². The van der Waals surface area contributed by atoms with Crippen LogP contribution < -0.4 is 14.2 Å². The third-order valence-electron chi connectivity index (χ3n) is 8.43. The molecule has 9 heteroatoms. The van der Waals surface area contributed by atoms with Gasteiger partial charge in [0.15, 0.2) is 17.3 Å². The first-order valence-electron chi connectivity index (χ1n) is 18.3. The molecule has 0 radical (unpaired) electrons. The lowest BCUT2D eigenvalue weighted by Crippen LogP contribution is -2.56. The minimum atomic E-state index is -2.51. The lowest BCUT2D eigenvalue weighted by atomic mass is 10.1. The quantitative estimate of drug-likeness (QED) is 0.0302. The molecule has 0 aliphatic carbocycles. The molecular weight excluding hydrogens is 749 g/mol. The van der Waals surface area contributed by atoms with Crippen molar-refractivity contribution in [3.8, 4) is 17.2 Å². The molecule has 0 heterocycles. The number of ketones is 3. The number of hydrogen-bond donors (Lipinski definition) is 1. The summed E-state index contributed by atoms with van der Waals surface area (Å²) in [5, 5.41) is 0. The Kier molecular flexibility index (Phi) is 14.0. The number of carbonyl (C=O) groups is 4. The van der Waals surface area contributed by atoms with Gasteiger partial charge < -0.3 is 18.9 Å². The molecule has 0 aromatic heterocycles. The second-order valence-electron chi connectivity index (χ2n) is 12.6. The van der Waals surface area contributed by atoms with E-state index >= 15 is 0 Å². The second kappa shape index (κ2) is 20.1. The average molecular weight is 787 g/mol. The summed E-state index contributed by atoms with van der Waals surface area (Å²) in [4.78, 5) is 51.9. The predicted molar refractivity (Wildman–Crippen MR) is 228 cm³/mol. The maximum absolute atomic E-state index is 14.0. The number of carbonyl (C=O) groups excluding carboxylic acids is 4. The molecule has 0 aliphatic rings. The standard InChI is InChI=1S/C49H38O8S/c50-45(39-10-4-1-5-11-39)31-22-36-16-25-42(26-17-36)55-49(48(53)54-34-35-58,56-43-27-18-37(19-28-43)23-32-46(51)40-12-6-2-7-13-40)57-44-29-20-38(21-30-44)24-33-47(52)41-14-8-3-9-15-41/h1-33,58H,34-35H2/b31-22+,32-23+,33-24+. The van der Waals surface area contributed by atoms with E-state index < -0.39 is 11.9 Å². The molecule has 6 aromatic carbocycles. The van der Waals surface area contributed by atoms with Crippen molar-refractivity contribution in [1.82, 2.24) is 0 Å². The summed E-state index contributed by atoms with van der Waals surface area (Å²) in [5.74, 6) is -3.17. The molecule has 0 unspecified atom stereocenters. The van der Waals surface area contributed by atoms with Crippen LogP contribution in [0, 0.1) is 0 Å². The molecule has 0 bridgehead atoms. The Morgan fingerprint density at radius 1 is 0.431 bits per heavy atom. The van der Waals surface area contributed by atoms with Gasteiger partial charge in [0.2, 0.25) is 0 Å². The lowest BCUT2D eigenvalue weighted by Gasteiger charge is -2.31. The summed E-state index contributed by atoms with van der Waals surface area (Å²) in [6, 6.07) is 46.7. The molecule has 0 fully saturated rings. The number of rotatable bonds is 18. The monoisotopic (exact) mass is 786 g/mol. The summed E-state index contributed by atoms with van der Waals surface area (Å²) in [7, 11) is 0. The van der Waals surface area contributed by atoms with Crippen LogP contribution in [-0.2, 0) is 9.53 Å². The maximum atomic E-state index is 14.0. The lowest BCUT2D eigenvalue weighted by molar-refractivity contribution is -0.259. The van der Waals surface area contributed by atoms with Crippen LogP contribution in [0.3, 0.4) is 0 Å². The van der Waals surface area contributed by atoms with Gasteiger partial charge >= 0.3 is 11.9 Å². The van der Waals surface area contributed by atoms with Crippen LogP contribution in [0.2, 0.25) is 0 Å². The number of thiol groups is 1. The van der Waals surface area contributed by atoms with Gasteiger partial charge in [-0.25, -0.2) is 4.79 Å². The summed E-state index contributed by atoms with van der Waals surface area (Å²) in [6.07, 6.45) is 9.45. The molecule has 0 saturated carbocycles. The fourth-order valence-corrected chi connectivity index (χ4v) is 5.52. The smallest absolute Gasteiger partial charge is 0.456 e. The molecule has 0 amide bonds. The largest absolute Gasteiger partial charge is 0.523 e. The Hall–Kier alpha value is -7.23. The van der Waals surface area contributed by atoms with Crippen LogP contribution >= 0.6 is 12.6 Å². The first-order chi connectivity index (χ1) is 28.3. The van der Waals surface area contributed by atoms with Gasteiger partial charge in [-0.1, -0.05) is 146 Å². The minimum absolute atomic E-state index is 0.0721. The molecular formula is C49H38O8S. The zero-order chi connectivity index (χ0) is 40.6. The van der Waals surface area contributed by atoms with Crippen molar-refractivity contribution < 1.29 is 38.1 Å². The van der Waals surface area contributed by atoms with Crippen LogP contribution in [0.4, 0.5) is 0 Å². The summed E-state index contributed by atoms with van der Waals surface area (Å²) in [6.45, 7) is -0.0721. The van der Waals surface area contributed by atoms with Crippen molar-refractivity contribution in [2.45, 2.75) is 5.97 Å². The zero-order valence-electron chi connectivity index (χ0n) is 31.2. The Morgan fingerprint density at radius 3 is 1.00 bits per heavy atom. The SMILES string of the molecule is O=C(/C=C/c1ccc(OC(Oc2ccc(/C=C/C(=O)c3ccccc3)cc2)(Oc2ccc(/C=C/C(=O)c3ccccc3)cc2)C(=O)OCCS)cc1)c1ccccc1. The molecule has 0 aliphatic heterocycles. The van der Waals surface area contributed by atoms with Crippen LogP contribution in [0.1, 0.15) is 47.8 Å². The van der Waals surface area contributed by atoms with Gasteiger partial charge in [-0.2, -0.15) is 12.6 Å². The van der Waals surface area contributed by atoms with E-state index in [2.05, 4.69) is 12.6 Å². The van der Waals surface area contributed by atoms with Gasteiger partial charge in [-0.05, 0) is 71.3 Å². The Balaban J connectivity index is 1.27. The summed E-state index contributed by atoms with van der Waals surface area (Å²) in [5.41, 5.74) is 3.78. The van der Waals surface area contributed by atoms with Gasteiger partial charge in [0.25, 0.3) is 0 Å². The van der Waals surface area contributed by atoms with Gasteiger partial charge in [-0.3, -0.25) is 14.4 Å². The highest BCUT2D eigenvalue weighted by Gasteiger charge is 2.50. The third kappa shape index (κ3) is 11.4. The average Bonchev–Trinajstić information content (AvgIpc) is 3.28. The molecule has 0 spiro atoms. The highest BCUT2D eigenvalue weighted by atomic mass is 32.1. The Bertz CT molecular complexity index is 2130. The topological polar surface area (TPSA) is 105 Å². The van der Waals surface area contributed by atoms with Crippen LogP contribution in [-0.4, -0.2) is 41.7 Å². The molecule has 288 valence electrons. The van der Waals surface area contributed by atoms with Gasteiger partial charge in [0.05, 0.1) is 0 Å². The van der Waals surface area contributed by atoms with Crippen LogP contribution in [0.5, 0.6) is 17.2 Å². The molecule has 0 saturated heterocycles. The van der Waals surface area contributed by atoms with E-state index in [4.69, 9.17) is 18.9 Å². The summed E-state index contributed by atoms with van der Waals surface area (Å²) >= 11 is 4.20. The first-order valence-corrected chi connectivity index (χ1v) is 18.9. The van der Waals surface area contributed by atoms with Crippen molar-refractivity contribution in [3.63, 3.8) is 0 Å². The van der Waals surface area contributed by atoms with E-state index in [1.165, 1.54) is 18.2 Å². The number of benzene rings is 6. The van der Waals surface area contributed by atoms with Crippen LogP contribution in [0.15, 0.2) is 182 Å². The molecule has 8 nitrogen and oxygen atoms in total. The molecule has 6 aromatic rings. The van der Waals surface area contributed by atoms with Crippen LogP contribution in [0.25, 0.3) is 18.2 Å². The molecule has 58 heavy (non-hydrogen) atoms. The highest BCUT2D eigenvalue weighted by molar-refractivity contribution is 7.80. The van der Waals surface area contributed by atoms with Gasteiger partial charge in [-0.15, -0.1) is 0 Å². The normalized spacial score (nSPS) is 11.4. The third-order valence-corrected chi connectivity index (χ3v) is 8.61. The fourth-order valence-electron chi connectivity index (χ4n) is 5.43. The van der Waals surface area contributed by atoms with Gasteiger partial charge in [0.1, 0.15) is 23.9 Å². The van der Waals surface area contributed by atoms with Crippen molar-refractivity contribution in [1.29, 1.82) is 0 Å². The molecule has 6 rings (SSSR count). The van der Waals surface area contributed by atoms with E-state index in [0.29, 0.717) is 33.4 Å². The zero-order valence-corrected chi connectivity index (χ0v) is 32.1. The van der Waals surface area contributed by atoms with Crippen molar-refractivity contribution in [3.05, 3.63) is 215 Å². The summed E-state index contributed by atoms with van der Waals surface area (Å²) < 4.78 is 24.4. The van der Waals surface area contributed by atoms with E-state index in [0.717, 1.165) is 0 Å². The van der Waals surface area contributed by atoms with E-state index in [-0.39, 0.29) is 47.0 Å².